The molecule has 0 radical (unpaired) electrons. The topological polar surface area (TPSA) is 100 Å². The van der Waals surface area contributed by atoms with Crippen LogP contribution in [0.5, 0.6) is 11.5 Å². The van der Waals surface area contributed by atoms with Crippen LogP contribution in [0.15, 0.2) is 54.6 Å². The van der Waals surface area contributed by atoms with Gasteiger partial charge in [0.1, 0.15) is 23.5 Å². The first kappa shape index (κ1) is 24.7. The Morgan fingerprint density at radius 2 is 1.89 bits per heavy atom. The molecule has 1 heterocycles. The van der Waals surface area contributed by atoms with E-state index in [0.717, 1.165) is 0 Å². The fraction of sp³-hybridized carbons (Fsp3) is 0.115. The van der Waals surface area contributed by atoms with E-state index in [4.69, 9.17) is 21.1 Å². The highest BCUT2D eigenvalue weighted by Crippen LogP contribution is 2.37. The molecule has 0 bridgehead atoms. The van der Waals surface area contributed by atoms with Gasteiger partial charge in [-0.05, 0) is 73.2 Å². The smallest absolute Gasteiger partial charge is 0.262 e. The maximum absolute atomic E-state index is 13.5. The monoisotopic (exact) mass is 508 g/mol. The summed E-state index contributed by atoms with van der Waals surface area (Å²) in [7, 11) is 0. The molecular weight excluding hydrogens is 490 g/mol. The predicted molar refractivity (Wildman–Crippen MR) is 133 cm³/mol. The second-order valence-electron chi connectivity index (χ2n) is 7.52. The van der Waals surface area contributed by atoms with E-state index in [9.17, 15) is 18.8 Å². The molecule has 10 heteroatoms. The number of aromatic amines is 1. The lowest BCUT2D eigenvalue weighted by Gasteiger charge is -2.14. The first-order valence-corrected chi connectivity index (χ1v) is 11.2. The van der Waals surface area contributed by atoms with Gasteiger partial charge in [0.25, 0.3) is 5.91 Å². The first-order chi connectivity index (χ1) is 17.4. The van der Waals surface area contributed by atoms with Crippen LogP contribution in [0.2, 0.25) is 5.02 Å². The molecule has 4 rings (SSSR count). The summed E-state index contributed by atoms with van der Waals surface area (Å²) in [5.41, 5.74) is 2.11. The standard InChI is InChI=1S/C26H19ClF2N4O3/c1-2-35-23-11-15(9-16(13-30)26-32-21-8-5-18(29)12-22(21)33-26)10-20(27)25(23)36-14-24(34)31-19-6-3-17(28)4-7-19/h3-12H,2,14H2,1H3,(H,31,34)(H,32,33)/b16-9-. The van der Waals surface area contributed by atoms with Crippen LogP contribution in [0.4, 0.5) is 14.5 Å². The maximum atomic E-state index is 13.5. The minimum atomic E-state index is -0.475. The Bertz CT molecular complexity index is 1490. The molecule has 4 aromatic rings. The van der Waals surface area contributed by atoms with Crippen molar-refractivity contribution in [1.82, 2.24) is 9.97 Å². The number of H-pyrrole nitrogens is 1. The molecule has 7 nitrogen and oxygen atoms in total. The third-order valence-electron chi connectivity index (χ3n) is 4.94. The van der Waals surface area contributed by atoms with E-state index in [1.54, 1.807) is 25.1 Å². The van der Waals surface area contributed by atoms with Crippen molar-refractivity contribution >= 4 is 45.9 Å². The number of carbonyl (C=O) groups is 1. The van der Waals surface area contributed by atoms with E-state index in [1.165, 1.54) is 42.5 Å². The number of hydrogen-bond donors (Lipinski definition) is 2. The number of carbonyl (C=O) groups excluding carboxylic acids is 1. The Balaban J connectivity index is 1.56. The quantitative estimate of drug-likeness (QED) is 0.285. The highest BCUT2D eigenvalue weighted by atomic mass is 35.5. The zero-order valence-corrected chi connectivity index (χ0v) is 19.7. The minimum absolute atomic E-state index is 0.155. The van der Waals surface area contributed by atoms with Crippen LogP contribution < -0.4 is 14.8 Å². The number of allylic oxidation sites excluding steroid dienone is 1. The third kappa shape index (κ3) is 5.79. The van der Waals surface area contributed by atoms with Gasteiger partial charge in [-0.2, -0.15) is 5.26 Å². The number of nitriles is 1. The van der Waals surface area contributed by atoms with Crippen molar-refractivity contribution in [3.05, 3.63) is 82.6 Å². The Morgan fingerprint density at radius 3 is 2.61 bits per heavy atom. The van der Waals surface area contributed by atoms with E-state index < -0.39 is 17.5 Å². The van der Waals surface area contributed by atoms with Crippen molar-refractivity contribution in [3.63, 3.8) is 0 Å². The van der Waals surface area contributed by atoms with Crippen molar-refractivity contribution in [1.29, 1.82) is 5.26 Å². The normalized spacial score (nSPS) is 11.2. The minimum Gasteiger partial charge on any atom is -0.490 e. The molecule has 3 aromatic carbocycles. The van der Waals surface area contributed by atoms with Crippen molar-refractivity contribution < 1.29 is 23.0 Å². The second kappa shape index (κ2) is 10.9. The molecule has 0 unspecified atom stereocenters. The van der Waals surface area contributed by atoms with Gasteiger partial charge in [-0.25, -0.2) is 13.8 Å². The highest BCUT2D eigenvalue weighted by molar-refractivity contribution is 6.32. The molecule has 0 saturated heterocycles. The SMILES string of the molecule is CCOc1cc(/C=C(/C#N)c2nc3ccc(F)cc3[nH]2)cc(Cl)c1OCC(=O)Nc1ccc(F)cc1. The molecule has 0 aliphatic rings. The summed E-state index contributed by atoms with van der Waals surface area (Å²) in [6.45, 7) is 1.70. The summed E-state index contributed by atoms with van der Waals surface area (Å²) in [4.78, 5) is 19.5. The fourth-order valence-corrected chi connectivity index (χ4v) is 3.65. The Labute approximate surface area is 209 Å². The van der Waals surface area contributed by atoms with Gasteiger partial charge in [-0.1, -0.05) is 11.6 Å². The number of ether oxygens (including phenoxy) is 2. The van der Waals surface area contributed by atoms with Crippen molar-refractivity contribution in [2.75, 3.05) is 18.5 Å². The second-order valence-corrected chi connectivity index (χ2v) is 7.93. The van der Waals surface area contributed by atoms with Crippen LogP contribution in [-0.4, -0.2) is 29.1 Å². The zero-order valence-electron chi connectivity index (χ0n) is 18.9. The summed E-state index contributed by atoms with van der Waals surface area (Å²) in [5.74, 6) is -0.616. The lowest BCUT2D eigenvalue weighted by atomic mass is 10.1. The molecule has 2 N–H and O–H groups in total. The van der Waals surface area contributed by atoms with Crippen LogP contribution in [-0.2, 0) is 4.79 Å². The van der Waals surface area contributed by atoms with Gasteiger partial charge < -0.3 is 19.8 Å². The molecule has 0 aliphatic carbocycles. The number of nitrogens with zero attached hydrogens (tertiary/aromatic N) is 2. The van der Waals surface area contributed by atoms with Crippen LogP contribution in [0, 0.1) is 23.0 Å². The van der Waals surface area contributed by atoms with Gasteiger partial charge in [0.2, 0.25) is 0 Å². The number of imidazole rings is 1. The summed E-state index contributed by atoms with van der Waals surface area (Å²) < 4.78 is 37.8. The molecule has 36 heavy (non-hydrogen) atoms. The molecule has 1 aromatic heterocycles. The van der Waals surface area contributed by atoms with Gasteiger partial charge in [-0.3, -0.25) is 4.79 Å². The highest BCUT2D eigenvalue weighted by Gasteiger charge is 2.16. The number of rotatable bonds is 8. The number of fused-ring (bicyclic) bond motifs is 1. The molecular formula is C26H19ClF2N4O3. The van der Waals surface area contributed by atoms with Gasteiger partial charge in [-0.15, -0.1) is 0 Å². The Hall–Kier alpha value is -4.42. The van der Waals surface area contributed by atoms with Gasteiger partial charge in [0, 0.05) is 5.69 Å². The molecule has 0 aliphatic heterocycles. The van der Waals surface area contributed by atoms with Gasteiger partial charge in [0.15, 0.2) is 18.1 Å². The third-order valence-corrected chi connectivity index (χ3v) is 5.22. The van der Waals surface area contributed by atoms with E-state index >= 15 is 0 Å². The average Bonchev–Trinajstić information content (AvgIpc) is 3.26. The van der Waals surface area contributed by atoms with E-state index in [1.807, 2.05) is 0 Å². The van der Waals surface area contributed by atoms with Crippen LogP contribution in [0.3, 0.4) is 0 Å². The number of aromatic nitrogens is 2. The van der Waals surface area contributed by atoms with Crippen LogP contribution in [0.25, 0.3) is 22.7 Å². The Morgan fingerprint density at radius 1 is 1.14 bits per heavy atom. The first-order valence-electron chi connectivity index (χ1n) is 10.8. The Kier molecular flexibility index (Phi) is 7.47. The zero-order chi connectivity index (χ0) is 25.7. The average molecular weight is 509 g/mol. The largest absolute Gasteiger partial charge is 0.490 e. The summed E-state index contributed by atoms with van der Waals surface area (Å²) >= 11 is 6.43. The number of anilines is 1. The summed E-state index contributed by atoms with van der Waals surface area (Å²) in [5, 5.41) is 12.4. The molecule has 0 saturated carbocycles. The number of nitrogens with one attached hydrogen (secondary N) is 2. The number of benzene rings is 3. The fourth-order valence-electron chi connectivity index (χ4n) is 3.37. The molecule has 0 fully saturated rings. The van der Waals surface area contributed by atoms with E-state index in [2.05, 4.69) is 21.4 Å². The lowest BCUT2D eigenvalue weighted by Crippen LogP contribution is -2.20. The van der Waals surface area contributed by atoms with E-state index in [-0.39, 0.29) is 34.5 Å². The maximum Gasteiger partial charge on any atom is 0.262 e. The number of halogens is 3. The summed E-state index contributed by atoms with van der Waals surface area (Å²) in [6, 6.07) is 14.7. The van der Waals surface area contributed by atoms with Crippen molar-refractivity contribution in [2.24, 2.45) is 0 Å². The van der Waals surface area contributed by atoms with Gasteiger partial charge >= 0.3 is 0 Å². The van der Waals surface area contributed by atoms with Crippen molar-refractivity contribution in [2.45, 2.75) is 6.92 Å². The lowest BCUT2D eigenvalue weighted by molar-refractivity contribution is -0.118. The van der Waals surface area contributed by atoms with E-state index in [0.29, 0.717) is 28.9 Å². The molecule has 0 spiro atoms. The molecule has 182 valence electrons. The number of hydrogen-bond acceptors (Lipinski definition) is 5. The summed E-state index contributed by atoms with van der Waals surface area (Å²) in [6.07, 6.45) is 1.55. The van der Waals surface area contributed by atoms with Crippen LogP contribution >= 0.6 is 11.6 Å². The molecule has 1 amide bonds. The van der Waals surface area contributed by atoms with Gasteiger partial charge in [0.05, 0.1) is 28.2 Å². The predicted octanol–water partition coefficient (Wildman–Crippen LogP) is 5.97. The molecule has 0 atom stereocenters. The van der Waals surface area contributed by atoms with Crippen LogP contribution in [0.1, 0.15) is 18.3 Å². The van der Waals surface area contributed by atoms with Crippen molar-refractivity contribution in [3.8, 4) is 17.6 Å². The number of amides is 1.